The molecule has 108 valence electrons. The van der Waals surface area contributed by atoms with Gasteiger partial charge in [-0.1, -0.05) is 12.1 Å². The van der Waals surface area contributed by atoms with Crippen LogP contribution in [0.5, 0.6) is 5.75 Å². The number of pyridine rings is 1. The van der Waals surface area contributed by atoms with Crippen LogP contribution in [0.3, 0.4) is 0 Å². The summed E-state index contributed by atoms with van der Waals surface area (Å²) < 4.78 is 5.19. The molecule has 2 aromatic rings. The van der Waals surface area contributed by atoms with Crippen molar-refractivity contribution in [3.05, 3.63) is 59.9 Å². The third-order valence-corrected chi connectivity index (χ3v) is 3.92. The van der Waals surface area contributed by atoms with Crippen LogP contribution in [-0.2, 0) is 0 Å². The van der Waals surface area contributed by atoms with Gasteiger partial charge < -0.3 is 9.64 Å². The lowest BCUT2D eigenvalue weighted by molar-refractivity contribution is 0.0735. The Bertz CT molecular complexity index is 610. The molecule has 1 aromatic carbocycles. The molecule has 4 nitrogen and oxygen atoms in total. The molecular weight excluding hydrogens is 264 g/mol. The first-order chi connectivity index (χ1) is 10.3. The van der Waals surface area contributed by atoms with Gasteiger partial charge in [0.2, 0.25) is 0 Å². The number of carbonyl (C=O) groups is 1. The van der Waals surface area contributed by atoms with Crippen LogP contribution in [0.1, 0.15) is 34.8 Å². The maximum absolute atomic E-state index is 12.6. The molecule has 1 amide bonds. The van der Waals surface area contributed by atoms with Crippen LogP contribution >= 0.6 is 0 Å². The minimum atomic E-state index is 0.0569. The topological polar surface area (TPSA) is 42.4 Å². The lowest BCUT2D eigenvalue weighted by Gasteiger charge is -2.25. The van der Waals surface area contributed by atoms with Gasteiger partial charge in [-0.2, -0.15) is 0 Å². The molecular formula is C17H18N2O2. The molecule has 0 N–H and O–H groups in total. The molecule has 1 aromatic heterocycles. The lowest BCUT2D eigenvalue weighted by Crippen LogP contribution is -2.30. The zero-order chi connectivity index (χ0) is 14.7. The molecule has 1 fully saturated rings. The summed E-state index contributed by atoms with van der Waals surface area (Å²) in [6, 6.07) is 11.7. The van der Waals surface area contributed by atoms with Gasteiger partial charge >= 0.3 is 0 Å². The van der Waals surface area contributed by atoms with Crippen LogP contribution in [0, 0.1) is 0 Å². The smallest absolute Gasteiger partial charge is 0.255 e. The van der Waals surface area contributed by atoms with Gasteiger partial charge in [0.05, 0.1) is 18.7 Å². The lowest BCUT2D eigenvalue weighted by atomic mass is 10.0. The van der Waals surface area contributed by atoms with Gasteiger partial charge in [0.15, 0.2) is 0 Å². The van der Waals surface area contributed by atoms with Crippen molar-refractivity contribution in [3.63, 3.8) is 0 Å². The highest BCUT2D eigenvalue weighted by atomic mass is 16.5. The van der Waals surface area contributed by atoms with Crippen molar-refractivity contribution in [1.82, 2.24) is 9.88 Å². The highest BCUT2D eigenvalue weighted by Crippen LogP contribution is 2.33. The van der Waals surface area contributed by atoms with E-state index in [2.05, 4.69) is 4.98 Å². The van der Waals surface area contributed by atoms with Crippen LogP contribution in [0.15, 0.2) is 48.8 Å². The molecule has 4 heteroatoms. The van der Waals surface area contributed by atoms with Gasteiger partial charge in [0.1, 0.15) is 5.75 Å². The van der Waals surface area contributed by atoms with Crippen molar-refractivity contribution in [3.8, 4) is 5.75 Å². The third kappa shape index (κ3) is 2.75. The van der Waals surface area contributed by atoms with Crippen LogP contribution in [-0.4, -0.2) is 29.4 Å². The third-order valence-electron chi connectivity index (χ3n) is 3.92. The Kier molecular flexibility index (Phi) is 3.86. The van der Waals surface area contributed by atoms with E-state index in [4.69, 9.17) is 4.74 Å². The molecule has 0 saturated carbocycles. The highest BCUT2D eigenvalue weighted by molar-refractivity contribution is 5.94. The van der Waals surface area contributed by atoms with Crippen LogP contribution in [0.2, 0.25) is 0 Å². The van der Waals surface area contributed by atoms with Crippen molar-refractivity contribution < 1.29 is 9.53 Å². The summed E-state index contributed by atoms with van der Waals surface area (Å²) in [6.07, 6.45) is 5.34. The number of likely N-dealkylation sites (tertiary alicyclic amines) is 1. The highest BCUT2D eigenvalue weighted by Gasteiger charge is 2.30. The fourth-order valence-corrected chi connectivity index (χ4v) is 2.84. The van der Waals surface area contributed by atoms with E-state index in [0.29, 0.717) is 5.56 Å². The van der Waals surface area contributed by atoms with E-state index >= 15 is 0 Å². The average molecular weight is 282 g/mol. The number of hydrogen-bond donors (Lipinski definition) is 0. The zero-order valence-electron chi connectivity index (χ0n) is 12.0. The van der Waals surface area contributed by atoms with Crippen molar-refractivity contribution >= 4 is 5.91 Å². The molecule has 21 heavy (non-hydrogen) atoms. The van der Waals surface area contributed by atoms with Crippen LogP contribution < -0.4 is 4.74 Å². The molecule has 0 unspecified atom stereocenters. The summed E-state index contributed by atoms with van der Waals surface area (Å²) in [5, 5.41) is 0. The largest absolute Gasteiger partial charge is 0.497 e. The van der Waals surface area contributed by atoms with Crippen molar-refractivity contribution in [1.29, 1.82) is 0 Å². The van der Waals surface area contributed by atoms with Crippen molar-refractivity contribution in [2.24, 2.45) is 0 Å². The number of rotatable bonds is 3. The number of aromatic nitrogens is 1. The Morgan fingerprint density at radius 1 is 1.29 bits per heavy atom. The molecule has 0 radical (unpaired) electrons. The summed E-state index contributed by atoms with van der Waals surface area (Å²) >= 11 is 0. The molecule has 0 bridgehead atoms. The van der Waals surface area contributed by atoms with E-state index in [1.54, 1.807) is 25.6 Å². The van der Waals surface area contributed by atoms with E-state index in [0.717, 1.165) is 30.7 Å². The predicted molar refractivity (Wildman–Crippen MR) is 80.2 cm³/mol. The first kappa shape index (κ1) is 13.6. The number of carbonyl (C=O) groups excluding carboxylic acids is 1. The predicted octanol–water partition coefficient (Wildman–Crippen LogP) is 3.07. The average Bonchev–Trinajstić information content (AvgIpc) is 3.04. The number of ether oxygens (including phenoxy) is 1. The van der Waals surface area contributed by atoms with E-state index < -0.39 is 0 Å². The second-order valence-electron chi connectivity index (χ2n) is 5.17. The molecule has 1 atom stereocenters. The van der Waals surface area contributed by atoms with Crippen LogP contribution in [0.4, 0.5) is 0 Å². The van der Waals surface area contributed by atoms with Gasteiger partial charge in [0.25, 0.3) is 5.91 Å². The Balaban J connectivity index is 1.83. The second-order valence-corrected chi connectivity index (χ2v) is 5.17. The molecule has 0 spiro atoms. The Labute approximate surface area is 124 Å². The minimum absolute atomic E-state index is 0.0569. The summed E-state index contributed by atoms with van der Waals surface area (Å²) in [5.41, 5.74) is 1.81. The molecule has 1 saturated heterocycles. The first-order valence-corrected chi connectivity index (χ1v) is 7.14. The summed E-state index contributed by atoms with van der Waals surface area (Å²) in [5.74, 6) is 0.892. The fraction of sp³-hybridized carbons (Fsp3) is 0.294. The zero-order valence-corrected chi connectivity index (χ0v) is 12.0. The molecule has 1 aliphatic heterocycles. The van der Waals surface area contributed by atoms with E-state index in [-0.39, 0.29) is 11.9 Å². The van der Waals surface area contributed by atoms with Crippen molar-refractivity contribution in [2.45, 2.75) is 18.9 Å². The Morgan fingerprint density at radius 3 is 2.76 bits per heavy atom. The number of methoxy groups -OCH3 is 1. The summed E-state index contributed by atoms with van der Waals surface area (Å²) in [4.78, 5) is 18.6. The second kappa shape index (κ2) is 5.95. The molecule has 1 aliphatic rings. The number of benzene rings is 1. The van der Waals surface area contributed by atoms with Gasteiger partial charge in [-0.25, -0.2) is 0 Å². The van der Waals surface area contributed by atoms with E-state index in [1.165, 1.54) is 0 Å². The van der Waals surface area contributed by atoms with Crippen LogP contribution in [0.25, 0.3) is 0 Å². The summed E-state index contributed by atoms with van der Waals surface area (Å²) in [7, 11) is 1.66. The standard InChI is InChI=1S/C17H18N2O2/c1-21-15-8-6-13(7-9-15)16-5-3-11-19(16)17(20)14-4-2-10-18-12-14/h2,4,6-10,12,16H,3,5,11H2,1H3/t16-/m1/s1. The Hall–Kier alpha value is -2.36. The maximum atomic E-state index is 12.6. The number of amides is 1. The quantitative estimate of drug-likeness (QED) is 0.869. The van der Waals surface area contributed by atoms with Gasteiger partial charge in [-0.15, -0.1) is 0 Å². The minimum Gasteiger partial charge on any atom is -0.497 e. The Morgan fingerprint density at radius 2 is 2.10 bits per heavy atom. The van der Waals surface area contributed by atoms with Gasteiger partial charge in [0, 0.05) is 18.9 Å². The normalized spacial score (nSPS) is 17.8. The molecule has 0 aliphatic carbocycles. The van der Waals surface area contributed by atoms with Crippen molar-refractivity contribution in [2.75, 3.05) is 13.7 Å². The maximum Gasteiger partial charge on any atom is 0.255 e. The molecule has 2 heterocycles. The monoisotopic (exact) mass is 282 g/mol. The fourth-order valence-electron chi connectivity index (χ4n) is 2.84. The van der Waals surface area contributed by atoms with E-state index in [9.17, 15) is 4.79 Å². The SMILES string of the molecule is COc1ccc([C@H]2CCCN2C(=O)c2cccnc2)cc1. The van der Waals surface area contributed by atoms with Gasteiger partial charge in [-0.3, -0.25) is 9.78 Å². The van der Waals surface area contributed by atoms with E-state index in [1.807, 2.05) is 35.2 Å². The first-order valence-electron chi connectivity index (χ1n) is 7.14. The number of hydrogen-bond acceptors (Lipinski definition) is 3. The summed E-state index contributed by atoms with van der Waals surface area (Å²) in [6.45, 7) is 0.796. The van der Waals surface area contributed by atoms with Gasteiger partial charge in [-0.05, 0) is 42.7 Å². The number of nitrogens with zero attached hydrogens (tertiary/aromatic N) is 2. The molecule has 3 rings (SSSR count).